The van der Waals surface area contributed by atoms with Gasteiger partial charge in [0, 0.05) is 17.1 Å². The first-order chi connectivity index (χ1) is 7.75. The summed E-state index contributed by atoms with van der Waals surface area (Å²) in [5, 5.41) is 5.22. The first kappa shape index (κ1) is 11.0. The zero-order valence-corrected chi connectivity index (χ0v) is 9.56. The number of hydrogen-bond acceptors (Lipinski definition) is 3. The average Bonchev–Trinajstić information content (AvgIpc) is 2.76. The molecule has 4 heteroatoms. The highest BCUT2D eigenvalue weighted by molar-refractivity contribution is 7.09. The number of nitrogen functional groups attached to an aromatic ring is 1. The summed E-state index contributed by atoms with van der Waals surface area (Å²) in [5.74, 6) is -0.374. The van der Waals surface area contributed by atoms with E-state index in [2.05, 4.69) is 16.8 Å². The summed E-state index contributed by atoms with van der Waals surface area (Å²) in [6.45, 7) is 0.796. The van der Waals surface area contributed by atoms with Gasteiger partial charge in [-0.05, 0) is 36.1 Å². The van der Waals surface area contributed by atoms with Gasteiger partial charge in [0.15, 0.2) is 0 Å². The number of anilines is 2. The van der Waals surface area contributed by atoms with E-state index in [-0.39, 0.29) is 11.5 Å². The predicted octanol–water partition coefficient (Wildman–Crippen LogP) is 3.12. The van der Waals surface area contributed by atoms with Gasteiger partial charge in [0.25, 0.3) is 0 Å². The van der Waals surface area contributed by atoms with Gasteiger partial charge in [-0.15, -0.1) is 11.3 Å². The fourth-order valence-electron chi connectivity index (χ4n) is 1.42. The minimum atomic E-state index is -0.374. The standard InChI is InChI=1S/C12H13FN2S/c13-11-8-9(3-4-12(11)14)15-6-5-10-2-1-7-16-10/h1-4,7-8,15H,5-6,14H2. The summed E-state index contributed by atoms with van der Waals surface area (Å²) < 4.78 is 13.1. The van der Waals surface area contributed by atoms with Crippen molar-refractivity contribution in [3.63, 3.8) is 0 Å². The zero-order chi connectivity index (χ0) is 11.4. The van der Waals surface area contributed by atoms with Crippen LogP contribution in [-0.2, 0) is 6.42 Å². The van der Waals surface area contributed by atoms with Gasteiger partial charge in [-0.2, -0.15) is 0 Å². The first-order valence-corrected chi connectivity index (χ1v) is 5.95. The third-order valence-corrected chi connectivity index (χ3v) is 3.22. The summed E-state index contributed by atoms with van der Waals surface area (Å²) in [4.78, 5) is 1.32. The van der Waals surface area contributed by atoms with E-state index in [1.165, 1.54) is 10.9 Å². The minimum Gasteiger partial charge on any atom is -0.396 e. The Morgan fingerprint density at radius 2 is 2.19 bits per heavy atom. The number of thiophene rings is 1. The van der Waals surface area contributed by atoms with Crippen molar-refractivity contribution < 1.29 is 4.39 Å². The molecule has 0 amide bonds. The van der Waals surface area contributed by atoms with Crippen molar-refractivity contribution in [1.82, 2.24) is 0 Å². The maximum atomic E-state index is 13.1. The van der Waals surface area contributed by atoms with Crippen LogP contribution < -0.4 is 11.1 Å². The van der Waals surface area contributed by atoms with Gasteiger partial charge >= 0.3 is 0 Å². The van der Waals surface area contributed by atoms with E-state index in [1.54, 1.807) is 23.5 Å². The van der Waals surface area contributed by atoms with Crippen LogP contribution in [0.2, 0.25) is 0 Å². The molecule has 0 saturated carbocycles. The number of nitrogens with two attached hydrogens (primary N) is 1. The van der Waals surface area contributed by atoms with Gasteiger partial charge in [-0.25, -0.2) is 4.39 Å². The van der Waals surface area contributed by atoms with E-state index >= 15 is 0 Å². The lowest BCUT2D eigenvalue weighted by Crippen LogP contribution is -2.04. The van der Waals surface area contributed by atoms with Crippen molar-refractivity contribution in [2.45, 2.75) is 6.42 Å². The number of nitrogens with one attached hydrogen (secondary N) is 1. The molecule has 0 aliphatic carbocycles. The highest BCUT2D eigenvalue weighted by Crippen LogP contribution is 2.16. The van der Waals surface area contributed by atoms with Crippen LogP contribution in [0.3, 0.4) is 0 Å². The molecule has 0 fully saturated rings. The molecular formula is C12H13FN2S. The minimum absolute atomic E-state index is 0.184. The molecule has 2 nitrogen and oxygen atoms in total. The van der Waals surface area contributed by atoms with Gasteiger partial charge in [-0.3, -0.25) is 0 Å². The molecule has 16 heavy (non-hydrogen) atoms. The molecule has 0 saturated heterocycles. The van der Waals surface area contributed by atoms with Crippen molar-refractivity contribution in [1.29, 1.82) is 0 Å². The lowest BCUT2D eigenvalue weighted by molar-refractivity contribution is 0.633. The lowest BCUT2D eigenvalue weighted by Gasteiger charge is -2.06. The molecule has 1 aromatic carbocycles. The summed E-state index contributed by atoms with van der Waals surface area (Å²) in [5.41, 5.74) is 6.34. The Bertz CT molecular complexity index is 454. The molecule has 1 heterocycles. The molecular weight excluding hydrogens is 223 g/mol. The van der Waals surface area contributed by atoms with Gasteiger partial charge in [-0.1, -0.05) is 6.07 Å². The monoisotopic (exact) mass is 236 g/mol. The molecule has 84 valence electrons. The molecule has 3 N–H and O–H groups in total. The number of hydrogen-bond donors (Lipinski definition) is 2. The molecule has 0 aliphatic heterocycles. The van der Waals surface area contributed by atoms with Crippen LogP contribution in [0.1, 0.15) is 4.88 Å². The highest BCUT2D eigenvalue weighted by Gasteiger charge is 1.99. The van der Waals surface area contributed by atoms with Gasteiger partial charge < -0.3 is 11.1 Å². The molecule has 0 atom stereocenters. The summed E-state index contributed by atoms with van der Waals surface area (Å²) in [6.07, 6.45) is 0.948. The maximum Gasteiger partial charge on any atom is 0.148 e. The molecule has 0 radical (unpaired) electrons. The van der Waals surface area contributed by atoms with Gasteiger partial charge in [0.2, 0.25) is 0 Å². The summed E-state index contributed by atoms with van der Waals surface area (Å²) >= 11 is 1.73. The topological polar surface area (TPSA) is 38.0 Å². The number of rotatable bonds is 4. The predicted molar refractivity (Wildman–Crippen MR) is 67.3 cm³/mol. The Hall–Kier alpha value is -1.55. The van der Waals surface area contributed by atoms with Crippen molar-refractivity contribution in [2.75, 3.05) is 17.6 Å². The Labute approximate surface area is 97.9 Å². The Balaban J connectivity index is 1.87. The number of benzene rings is 1. The Morgan fingerprint density at radius 3 is 2.88 bits per heavy atom. The SMILES string of the molecule is Nc1ccc(NCCc2cccs2)cc1F. The van der Waals surface area contributed by atoms with Crippen molar-refractivity contribution >= 4 is 22.7 Å². The van der Waals surface area contributed by atoms with Crippen molar-refractivity contribution in [3.8, 4) is 0 Å². The smallest absolute Gasteiger partial charge is 0.148 e. The van der Waals surface area contributed by atoms with E-state index in [4.69, 9.17) is 5.73 Å². The number of halogens is 1. The van der Waals surface area contributed by atoms with Crippen LogP contribution in [-0.4, -0.2) is 6.54 Å². The zero-order valence-electron chi connectivity index (χ0n) is 8.74. The second kappa shape index (κ2) is 4.99. The molecule has 0 bridgehead atoms. The van der Waals surface area contributed by atoms with E-state index in [0.29, 0.717) is 0 Å². The molecule has 0 aliphatic rings. The molecule has 2 rings (SSSR count). The fourth-order valence-corrected chi connectivity index (χ4v) is 2.13. The third-order valence-electron chi connectivity index (χ3n) is 2.28. The second-order valence-corrected chi connectivity index (χ2v) is 4.52. The Kier molecular flexibility index (Phi) is 3.41. The highest BCUT2D eigenvalue weighted by atomic mass is 32.1. The molecule has 2 aromatic rings. The van der Waals surface area contributed by atoms with Gasteiger partial charge in [0.1, 0.15) is 5.82 Å². The Morgan fingerprint density at radius 1 is 1.31 bits per heavy atom. The first-order valence-electron chi connectivity index (χ1n) is 5.07. The van der Waals surface area contributed by atoms with E-state index in [9.17, 15) is 4.39 Å². The van der Waals surface area contributed by atoms with Crippen LogP contribution in [0.25, 0.3) is 0 Å². The summed E-state index contributed by atoms with van der Waals surface area (Å²) in [6, 6.07) is 8.90. The maximum absolute atomic E-state index is 13.1. The van der Waals surface area contributed by atoms with E-state index in [1.807, 2.05) is 6.07 Å². The van der Waals surface area contributed by atoms with Crippen LogP contribution >= 0.6 is 11.3 Å². The fraction of sp³-hybridized carbons (Fsp3) is 0.167. The quantitative estimate of drug-likeness (QED) is 0.800. The molecule has 0 spiro atoms. The van der Waals surface area contributed by atoms with Gasteiger partial charge in [0.05, 0.1) is 5.69 Å². The van der Waals surface area contributed by atoms with E-state index in [0.717, 1.165) is 18.7 Å². The molecule has 0 unspecified atom stereocenters. The average molecular weight is 236 g/mol. The third kappa shape index (κ3) is 2.73. The van der Waals surface area contributed by atoms with E-state index < -0.39 is 0 Å². The lowest BCUT2D eigenvalue weighted by atomic mass is 10.2. The van der Waals surface area contributed by atoms with Crippen LogP contribution in [0, 0.1) is 5.82 Å². The van der Waals surface area contributed by atoms with Crippen LogP contribution in [0.15, 0.2) is 35.7 Å². The van der Waals surface area contributed by atoms with Crippen molar-refractivity contribution in [2.24, 2.45) is 0 Å². The normalized spacial score (nSPS) is 10.3. The van der Waals surface area contributed by atoms with Crippen LogP contribution in [0.4, 0.5) is 15.8 Å². The second-order valence-electron chi connectivity index (χ2n) is 3.49. The largest absolute Gasteiger partial charge is 0.396 e. The van der Waals surface area contributed by atoms with Crippen molar-refractivity contribution in [3.05, 3.63) is 46.4 Å². The summed E-state index contributed by atoms with van der Waals surface area (Å²) in [7, 11) is 0. The van der Waals surface area contributed by atoms with Crippen LogP contribution in [0.5, 0.6) is 0 Å². The molecule has 1 aromatic heterocycles.